The zero-order valence-electron chi connectivity index (χ0n) is 17.4. The standard InChI is InChI=1S/C21H32N6OS/c1-2-13-29-21-24-19(26-10-5-6-11-26)17-15-23-27(20(17)25-21)12-9-22-18(28)14-16-7-3-4-8-16/h15-16H,2-14H2,1H3,(H,22,28). The van der Waals surface area contributed by atoms with Crippen molar-refractivity contribution in [3.63, 3.8) is 0 Å². The molecule has 2 aromatic heterocycles. The number of carbonyl (C=O) groups excluding carboxylic acids is 1. The van der Waals surface area contributed by atoms with Crippen LogP contribution >= 0.6 is 11.8 Å². The summed E-state index contributed by atoms with van der Waals surface area (Å²) < 4.78 is 1.92. The number of amides is 1. The number of carbonyl (C=O) groups is 1. The van der Waals surface area contributed by atoms with Crippen molar-refractivity contribution >= 4 is 34.5 Å². The van der Waals surface area contributed by atoms with E-state index in [1.54, 1.807) is 11.8 Å². The monoisotopic (exact) mass is 416 g/mol. The van der Waals surface area contributed by atoms with E-state index in [2.05, 4.69) is 22.2 Å². The second kappa shape index (κ2) is 9.78. The van der Waals surface area contributed by atoms with Gasteiger partial charge in [0.15, 0.2) is 10.8 Å². The molecule has 0 radical (unpaired) electrons. The lowest BCUT2D eigenvalue weighted by atomic mass is 10.0. The molecule has 158 valence electrons. The molecule has 7 nitrogen and oxygen atoms in total. The van der Waals surface area contributed by atoms with Gasteiger partial charge in [-0.05, 0) is 38.0 Å². The number of nitrogens with one attached hydrogen (secondary N) is 1. The molecule has 2 fully saturated rings. The molecule has 1 saturated heterocycles. The summed E-state index contributed by atoms with van der Waals surface area (Å²) in [5.41, 5.74) is 0.880. The van der Waals surface area contributed by atoms with Crippen LogP contribution in [0.15, 0.2) is 11.4 Å². The fourth-order valence-corrected chi connectivity index (χ4v) is 5.05. The molecule has 0 spiro atoms. The van der Waals surface area contributed by atoms with Crippen LogP contribution in [-0.2, 0) is 11.3 Å². The van der Waals surface area contributed by atoms with Crippen molar-refractivity contribution in [2.75, 3.05) is 30.3 Å². The highest BCUT2D eigenvalue weighted by Crippen LogP contribution is 2.30. The first-order chi connectivity index (χ1) is 14.2. The minimum atomic E-state index is 0.167. The smallest absolute Gasteiger partial charge is 0.220 e. The first-order valence-electron chi connectivity index (χ1n) is 11.1. The van der Waals surface area contributed by atoms with Crippen LogP contribution in [0.4, 0.5) is 5.82 Å². The van der Waals surface area contributed by atoms with Crippen LogP contribution in [0.5, 0.6) is 0 Å². The molecule has 3 heterocycles. The zero-order chi connectivity index (χ0) is 20.1. The summed E-state index contributed by atoms with van der Waals surface area (Å²) in [5.74, 6) is 2.77. The number of aromatic nitrogens is 4. The predicted molar refractivity (Wildman–Crippen MR) is 117 cm³/mol. The van der Waals surface area contributed by atoms with Crippen LogP contribution in [0.2, 0.25) is 0 Å². The van der Waals surface area contributed by atoms with Crippen LogP contribution in [0.25, 0.3) is 11.0 Å². The predicted octanol–water partition coefficient (Wildman–Crippen LogP) is 3.63. The number of fused-ring (bicyclic) bond motifs is 1. The van der Waals surface area contributed by atoms with Crippen LogP contribution in [0, 0.1) is 5.92 Å². The fraction of sp³-hybridized carbons (Fsp3) is 0.714. The van der Waals surface area contributed by atoms with Gasteiger partial charge in [-0.1, -0.05) is 31.5 Å². The third-order valence-corrected chi connectivity index (χ3v) is 6.94. The molecule has 2 aromatic rings. The van der Waals surface area contributed by atoms with Crippen LogP contribution < -0.4 is 10.2 Å². The number of thioether (sulfide) groups is 1. The molecule has 29 heavy (non-hydrogen) atoms. The van der Waals surface area contributed by atoms with E-state index in [1.165, 1.54) is 38.5 Å². The van der Waals surface area contributed by atoms with E-state index in [0.29, 0.717) is 25.4 Å². The Morgan fingerprint density at radius 1 is 1.21 bits per heavy atom. The van der Waals surface area contributed by atoms with Gasteiger partial charge in [-0.15, -0.1) is 0 Å². The average molecular weight is 417 g/mol. The van der Waals surface area contributed by atoms with Gasteiger partial charge >= 0.3 is 0 Å². The van der Waals surface area contributed by atoms with Crippen LogP contribution in [0.1, 0.15) is 58.3 Å². The van der Waals surface area contributed by atoms with E-state index in [4.69, 9.17) is 9.97 Å². The number of anilines is 1. The maximum absolute atomic E-state index is 12.2. The second-order valence-corrected chi connectivity index (χ2v) is 9.24. The number of nitrogens with zero attached hydrogens (tertiary/aromatic N) is 5. The van der Waals surface area contributed by atoms with E-state index < -0.39 is 0 Å². The van der Waals surface area contributed by atoms with E-state index in [-0.39, 0.29) is 5.91 Å². The van der Waals surface area contributed by atoms with E-state index in [0.717, 1.165) is 47.3 Å². The summed E-state index contributed by atoms with van der Waals surface area (Å²) in [6.45, 7) is 5.49. The van der Waals surface area contributed by atoms with Gasteiger partial charge in [0.25, 0.3) is 0 Å². The summed E-state index contributed by atoms with van der Waals surface area (Å²) in [6.07, 6.45) is 11.0. The molecular weight excluding hydrogens is 384 g/mol. The Hall–Kier alpha value is -1.83. The van der Waals surface area contributed by atoms with Gasteiger partial charge in [0.2, 0.25) is 5.91 Å². The molecule has 0 bridgehead atoms. The molecule has 8 heteroatoms. The minimum absolute atomic E-state index is 0.167. The van der Waals surface area contributed by atoms with Crippen LogP contribution in [0.3, 0.4) is 0 Å². The topological polar surface area (TPSA) is 75.9 Å². The molecule has 2 aliphatic rings. The Labute approximate surface area is 177 Å². The Kier molecular flexibility index (Phi) is 6.90. The van der Waals surface area contributed by atoms with Gasteiger partial charge in [0, 0.05) is 31.8 Å². The van der Waals surface area contributed by atoms with Gasteiger partial charge in [-0.25, -0.2) is 14.6 Å². The van der Waals surface area contributed by atoms with Crippen molar-refractivity contribution in [3.8, 4) is 0 Å². The van der Waals surface area contributed by atoms with E-state index in [9.17, 15) is 4.79 Å². The van der Waals surface area contributed by atoms with Crippen molar-refractivity contribution < 1.29 is 4.79 Å². The summed E-state index contributed by atoms with van der Waals surface area (Å²) >= 11 is 1.71. The summed E-state index contributed by atoms with van der Waals surface area (Å²) in [4.78, 5) is 24.2. The van der Waals surface area contributed by atoms with Crippen molar-refractivity contribution in [2.24, 2.45) is 5.92 Å². The van der Waals surface area contributed by atoms with Gasteiger partial charge in [0.1, 0.15) is 5.82 Å². The molecule has 1 saturated carbocycles. The summed E-state index contributed by atoms with van der Waals surface area (Å²) in [5, 5.41) is 9.49. The van der Waals surface area contributed by atoms with E-state index in [1.807, 2.05) is 10.9 Å². The number of hydrogen-bond acceptors (Lipinski definition) is 6. The molecule has 0 aromatic carbocycles. The Bertz CT molecular complexity index is 826. The quantitative estimate of drug-likeness (QED) is 0.497. The van der Waals surface area contributed by atoms with Crippen molar-refractivity contribution in [1.82, 2.24) is 25.1 Å². The first-order valence-corrected chi connectivity index (χ1v) is 12.1. The third-order valence-electron chi connectivity index (χ3n) is 5.89. The highest BCUT2D eigenvalue weighted by Gasteiger charge is 2.21. The molecule has 0 unspecified atom stereocenters. The van der Waals surface area contributed by atoms with Gasteiger partial charge in [0.05, 0.1) is 18.1 Å². The van der Waals surface area contributed by atoms with Crippen LogP contribution in [-0.4, -0.2) is 51.0 Å². The first kappa shape index (κ1) is 20.4. The zero-order valence-corrected chi connectivity index (χ0v) is 18.2. The summed E-state index contributed by atoms with van der Waals surface area (Å²) in [6, 6.07) is 0. The lowest BCUT2D eigenvalue weighted by Crippen LogP contribution is -2.28. The van der Waals surface area contributed by atoms with E-state index >= 15 is 0 Å². The SMILES string of the molecule is CCCSc1nc(N2CCCC2)c2cnn(CCNC(=O)CC3CCCC3)c2n1. The second-order valence-electron chi connectivity index (χ2n) is 8.18. The Morgan fingerprint density at radius 3 is 2.76 bits per heavy atom. The number of hydrogen-bond donors (Lipinski definition) is 1. The minimum Gasteiger partial charge on any atom is -0.356 e. The highest BCUT2D eigenvalue weighted by atomic mass is 32.2. The van der Waals surface area contributed by atoms with Crippen molar-refractivity contribution in [3.05, 3.63) is 6.20 Å². The van der Waals surface area contributed by atoms with Crippen molar-refractivity contribution in [2.45, 2.75) is 70.0 Å². The Morgan fingerprint density at radius 2 is 2.00 bits per heavy atom. The van der Waals surface area contributed by atoms with Gasteiger partial charge < -0.3 is 10.2 Å². The number of rotatable bonds is 9. The largest absolute Gasteiger partial charge is 0.356 e. The van der Waals surface area contributed by atoms with Gasteiger partial charge in [-0.3, -0.25) is 4.79 Å². The average Bonchev–Trinajstić information content (AvgIpc) is 3.48. The molecule has 1 amide bonds. The lowest BCUT2D eigenvalue weighted by Gasteiger charge is -2.18. The molecular formula is C21H32N6OS. The maximum atomic E-state index is 12.2. The highest BCUT2D eigenvalue weighted by molar-refractivity contribution is 7.99. The summed E-state index contributed by atoms with van der Waals surface area (Å²) in [7, 11) is 0. The van der Waals surface area contributed by atoms with Crippen molar-refractivity contribution in [1.29, 1.82) is 0 Å². The molecule has 1 N–H and O–H groups in total. The normalized spacial score (nSPS) is 17.5. The molecule has 4 rings (SSSR count). The lowest BCUT2D eigenvalue weighted by molar-refractivity contribution is -0.122. The van der Waals surface area contributed by atoms with Gasteiger partial charge in [-0.2, -0.15) is 5.10 Å². The molecule has 1 aliphatic heterocycles. The molecule has 1 aliphatic carbocycles. The molecule has 0 atom stereocenters. The maximum Gasteiger partial charge on any atom is 0.220 e. The third kappa shape index (κ3) is 5.02. The fourth-order valence-electron chi connectivity index (χ4n) is 4.36. The Balaban J connectivity index is 1.45.